The number of ketones is 1. The Labute approximate surface area is 217 Å². The summed E-state index contributed by atoms with van der Waals surface area (Å²) in [4.78, 5) is 38.3. The molecule has 192 valence electrons. The molecule has 0 amide bonds. The molecule has 0 aromatic carbocycles. The molecule has 9 atom stereocenters. The average molecular weight is 545 g/mol. The maximum Gasteiger partial charge on any atom is 0.330 e. The first-order valence-corrected chi connectivity index (χ1v) is 14.5. The molecule has 3 saturated carbocycles. The molecule has 4 aliphatic carbocycles. The van der Waals surface area contributed by atoms with Gasteiger partial charge in [0.2, 0.25) is 5.12 Å². The highest BCUT2D eigenvalue weighted by Gasteiger charge is 2.78. The molecule has 0 aromatic heterocycles. The normalized spacial score (nSPS) is 49.2. The van der Waals surface area contributed by atoms with Gasteiger partial charge in [-0.2, -0.15) is 0 Å². The maximum absolute atomic E-state index is 17.3. The van der Waals surface area contributed by atoms with Gasteiger partial charge in [0.15, 0.2) is 17.1 Å². The van der Waals surface area contributed by atoms with Crippen LogP contribution in [-0.2, 0) is 19.1 Å². The molecule has 1 heterocycles. The number of fused-ring (bicyclic) bond motifs is 5. The number of thiol groups is 1. The average Bonchev–Trinajstić information content (AvgIpc) is 3.39. The van der Waals surface area contributed by atoms with Crippen molar-refractivity contribution in [3.63, 3.8) is 0 Å². The van der Waals surface area contributed by atoms with E-state index in [1.807, 2.05) is 0 Å². The van der Waals surface area contributed by atoms with Crippen molar-refractivity contribution >= 4 is 53.0 Å². The third kappa shape index (κ3) is 3.21. The number of allylic oxidation sites excluding steroid dienone is 4. The Morgan fingerprint density at radius 3 is 2.49 bits per heavy atom. The number of esters is 1. The highest BCUT2D eigenvalue weighted by Crippen LogP contribution is 2.71. The Morgan fingerprint density at radius 1 is 1.20 bits per heavy atom. The molecular formula is C25H30F2O5S3. The third-order valence-corrected chi connectivity index (χ3v) is 12.8. The lowest BCUT2D eigenvalue weighted by molar-refractivity contribution is -0.228. The van der Waals surface area contributed by atoms with Crippen molar-refractivity contribution in [2.24, 2.45) is 28.6 Å². The van der Waals surface area contributed by atoms with E-state index in [1.54, 1.807) is 13.8 Å². The molecule has 5 rings (SSSR count). The van der Waals surface area contributed by atoms with Crippen LogP contribution in [0.3, 0.4) is 0 Å². The van der Waals surface area contributed by atoms with Gasteiger partial charge in [0.1, 0.15) is 10.8 Å². The summed E-state index contributed by atoms with van der Waals surface area (Å²) >= 11 is 7.09. The fraction of sp³-hybridized carbons (Fsp3) is 0.720. The molecular weight excluding hydrogens is 514 g/mol. The summed E-state index contributed by atoms with van der Waals surface area (Å²) < 4.78 is 38.5. The minimum absolute atomic E-state index is 0.0516. The third-order valence-electron chi connectivity index (χ3n) is 9.56. The van der Waals surface area contributed by atoms with Gasteiger partial charge in [-0.15, -0.1) is 36.2 Å². The van der Waals surface area contributed by atoms with Crippen molar-refractivity contribution in [2.75, 3.05) is 11.5 Å². The van der Waals surface area contributed by atoms with Crippen LogP contribution in [-0.4, -0.2) is 61.6 Å². The summed E-state index contributed by atoms with van der Waals surface area (Å²) in [6.45, 7) is 5.08. The zero-order chi connectivity index (χ0) is 25.6. The van der Waals surface area contributed by atoms with E-state index < -0.39 is 73.6 Å². The maximum atomic E-state index is 17.3. The molecule has 0 spiro atoms. The van der Waals surface area contributed by atoms with Crippen molar-refractivity contribution in [1.82, 2.24) is 0 Å². The Balaban J connectivity index is 1.60. The van der Waals surface area contributed by atoms with Crippen LogP contribution in [0.1, 0.15) is 40.0 Å². The number of carbonyl (C=O) groups excluding carboxylic acids is 3. The number of aliphatic hydroxyl groups is 1. The number of halogens is 2. The number of hydrogen-bond acceptors (Lipinski definition) is 7. The van der Waals surface area contributed by atoms with Crippen molar-refractivity contribution in [3.05, 3.63) is 23.8 Å². The second-order valence-electron chi connectivity index (χ2n) is 11.0. The van der Waals surface area contributed by atoms with Crippen LogP contribution in [0.15, 0.2) is 23.8 Å². The lowest BCUT2D eigenvalue weighted by Gasteiger charge is -2.63. The molecule has 0 aromatic rings. The Hall–Kier alpha value is -0.840. The quantitative estimate of drug-likeness (QED) is 0.409. The highest BCUT2D eigenvalue weighted by atomic mass is 32.2. The van der Waals surface area contributed by atoms with Crippen molar-refractivity contribution < 1.29 is 33.0 Å². The zero-order valence-corrected chi connectivity index (χ0v) is 22.4. The molecule has 1 saturated heterocycles. The monoisotopic (exact) mass is 544 g/mol. The van der Waals surface area contributed by atoms with Crippen molar-refractivity contribution in [2.45, 2.75) is 68.2 Å². The van der Waals surface area contributed by atoms with E-state index in [1.165, 1.54) is 42.6 Å². The van der Waals surface area contributed by atoms with E-state index in [0.717, 1.165) is 17.6 Å². The van der Waals surface area contributed by atoms with Crippen molar-refractivity contribution in [1.29, 1.82) is 0 Å². The molecule has 1 unspecified atom stereocenters. The molecule has 10 heteroatoms. The van der Waals surface area contributed by atoms with Crippen LogP contribution < -0.4 is 0 Å². The van der Waals surface area contributed by atoms with Crippen LogP contribution >= 0.6 is 36.2 Å². The number of alkyl halides is 2. The van der Waals surface area contributed by atoms with Gasteiger partial charge in [-0.3, -0.25) is 9.59 Å². The minimum Gasteiger partial charge on any atom is -0.448 e. The number of carbonyl (C=O) groups is 3. The molecule has 35 heavy (non-hydrogen) atoms. The van der Waals surface area contributed by atoms with Gasteiger partial charge >= 0.3 is 5.97 Å². The fourth-order valence-corrected chi connectivity index (χ4v) is 11.0. The summed E-state index contributed by atoms with van der Waals surface area (Å²) in [6, 6.07) is 0. The second kappa shape index (κ2) is 8.33. The topological polar surface area (TPSA) is 80.7 Å². The van der Waals surface area contributed by atoms with Crippen LogP contribution in [0.25, 0.3) is 0 Å². The summed E-state index contributed by atoms with van der Waals surface area (Å²) in [5.41, 5.74) is -6.50. The van der Waals surface area contributed by atoms with Gasteiger partial charge in [-0.1, -0.05) is 19.9 Å². The van der Waals surface area contributed by atoms with Crippen LogP contribution in [0, 0.1) is 28.6 Å². The van der Waals surface area contributed by atoms with E-state index in [9.17, 15) is 19.5 Å². The first-order valence-electron chi connectivity index (χ1n) is 12.0. The zero-order valence-electron chi connectivity index (χ0n) is 19.8. The van der Waals surface area contributed by atoms with E-state index in [0.29, 0.717) is 6.42 Å². The van der Waals surface area contributed by atoms with Gasteiger partial charge in [0.25, 0.3) is 0 Å². The molecule has 4 fully saturated rings. The van der Waals surface area contributed by atoms with Gasteiger partial charge in [0.05, 0.1) is 6.10 Å². The van der Waals surface area contributed by atoms with E-state index >= 15 is 8.78 Å². The first kappa shape index (κ1) is 25.8. The number of aliphatic hydroxyl groups excluding tert-OH is 1. The van der Waals surface area contributed by atoms with Gasteiger partial charge in [0, 0.05) is 34.2 Å². The Bertz CT molecular complexity index is 1040. The SMILES string of the molecule is C[C@@H]1CC2[C@@H]3C[C@H](F)C4=CC(=O)C=C[C@]4(C)[C@@]3(F)[C@@H](O)C[C@]2(C)[C@@]1(OC(=O)C1SCCS1)C(=O)S. The van der Waals surface area contributed by atoms with Gasteiger partial charge in [-0.05, 0) is 49.8 Å². The second-order valence-corrected chi connectivity index (χ2v) is 14.2. The van der Waals surface area contributed by atoms with E-state index in [-0.39, 0.29) is 18.4 Å². The first-order chi connectivity index (χ1) is 16.3. The number of thioether (sulfide) groups is 2. The van der Waals surface area contributed by atoms with E-state index in [2.05, 4.69) is 12.6 Å². The largest absolute Gasteiger partial charge is 0.448 e. The van der Waals surface area contributed by atoms with Crippen LogP contribution in [0.2, 0.25) is 0 Å². The predicted octanol–water partition coefficient (Wildman–Crippen LogP) is 4.10. The predicted molar refractivity (Wildman–Crippen MR) is 135 cm³/mol. The molecule has 0 bridgehead atoms. The Kier molecular flexibility index (Phi) is 6.14. The summed E-state index contributed by atoms with van der Waals surface area (Å²) in [6.07, 6.45) is 0.595. The van der Waals surface area contributed by atoms with Crippen LogP contribution in [0.4, 0.5) is 8.78 Å². The summed E-state index contributed by atoms with van der Waals surface area (Å²) in [5.74, 6) is -1.30. The Morgan fingerprint density at radius 2 is 1.86 bits per heavy atom. The molecule has 1 aliphatic heterocycles. The standard InChI is InChI=1S/C25H30F2O5S3/c1-12-8-14-15-10-17(26)16-9-13(28)4-5-22(16,2)24(15,27)18(29)11-23(14,3)25(12,21(31)33)32-19(30)20-34-6-7-35-20/h4-5,9,12,14-15,17-18,20,29H,6-8,10-11H2,1-3H3,(H,31,33)/t12-,14?,15+,17+,18+,22+,23+,24+,25+/m1/s1. The smallest absolute Gasteiger partial charge is 0.330 e. The minimum atomic E-state index is -2.25. The fourth-order valence-electron chi connectivity index (χ4n) is 7.94. The molecule has 0 radical (unpaired) electrons. The molecule has 1 N–H and O–H groups in total. The van der Waals surface area contributed by atoms with E-state index in [4.69, 9.17) is 4.74 Å². The molecule has 5 aliphatic rings. The van der Waals surface area contributed by atoms with Crippen molar-refractivity contribution in [3.8, 4) is 0 Å². The lowest BCUT2D eigenvalue weighted by atomic mass is 9.44. The number of hydrogen-bond donors (Lipinski definition) is 2. The molecule has 5 nitrogen and oxygen atoms in total. The summed E-state index contributed by atoms with van der Waals surface area (Å²) in [5, 5.41) is 10.8. The number of ether oxygens (including phenoxy) is 1. The lowest BCUT2D eigenvalue weighted by Crippen LogP contribution is -2.70. The summed E-state index contributed by atoms with van der Waals surface area (Å²) in [7, 11) is 0. The highest BCUT2D eigenvalue weighted by molar-refractivity contribution is 8.21. The number of rotatable bonds is 3. The van der Waals surface area contributed by atoms with Crippen LogP contribution in [0.5, 0.6) is 0 Å². The van der Waals surface area contributed by atoms with Gasteiger partial charge < -0.3 is 9.84 Å². The van der Waals surface area contributed by atoms with Gasteiger partial charge in [-0.25, -0.2) is 13.6 Å².